The molecule has 2 amide bonds. The molecule has 7 nitrogen and oxygen atoms in total. The van der Waals surface area contributed by atoms with Crippen molar-refractivity contribution in [2.24, 2.45) is 0 Å². The van der Waals surface area contributed by atoms with Crippen molar-refractivity contribution in [3.63, 3.8) is 0 Å². The molecule has 2 heterocycles. The predicted molar refractivity (Wildman–Crippen MR) is 123 cm³/mol. The summed E-state index contributed by atoms with van der Waals surface area (Å²) in [5, 5.41) is 8.94. The number of fused-ring (bicyclic) bond motifs is 1. The smallest absolute Gasteiger partial charge is 0.227 e. The minimum Gasteiger partial charge on any atom is -0.342 e. The first kappa shape index (κ1) is 21.6. The van der Waals surface area contributed by atoms with E-state index < -0.39 is 0 Å². The van der Waals surface area contributed by atoms with Gasteiger partial charge in [0, 0.05) is 44.1 Å². The largest absolute Gasteiger partial charge is 0.342 e. The number of amides is 2. The van der Waals surface area contributed by atoms with E-state index >= 15 is 0 Å². The van der Waals surface area contributed by atoms with E-state index in [1.807, 2.05) is 59.5 Å². The quantitative estimate of drug-likeness (QED) is 0.614. The van der Waals surface area contributed by atoms with Gasteiger partial charge >= 0.3 is 0 Å². The van der Waals surface area contributed by atoms with E-state index in [1.54, 1.807) is 4.90 Å². The maximum absolute atomic E-state index is 12.9. The Morgan fingerprint density at radius 2 is 1.91 bits per heavy atom. The molecule has 4 rings (SSSR count). The third kappa shape index (κ3) is 4.97. The molecular weight excluding hydrogens is 402 g/mol. The van der Waals surface area contributed by atoms with Gasteiger partial charge in [-0.25, -0.2) is 4.98 Å². The first-order valence-corrected chi connectivity index (χ1v) is 11.1. The Hall–Kier alpha value is -3.66. The Labute approximate surface area is 187 Å². The van der Waals surface area contributed by atoms with E-state index in [0.717, 1.165) is 35.4 Å². The van der Waals surface area contributed by atoms with E-state index in [1.165, 1.54) is 0 Å². The molecule has 3 aromatic rings. The second-order valence-corrected chi connectivity index (χ2v) is 8.11. The summed E-state index contributed by atoms with van der Waals surface area (Å²) in [6, 6.07) is 19.3. The number of imidazole rings is 1. The number of anilines is 1. The van der Waals surface area contributed by atoms with Crippen LogP contribution in [0.3, 0.4) is 0 Å². The summed E-state index contributed by atoms with van der Waals surface area (Å²) in [7, 11) is 0. The molecular formula is C25H27N5O2. The molecule has 7 heteroatoms. The fraction of sp³-hybridized carbons (Fsp3) is 0.360. The topological polar surface area (TPSA) is 93.1 Å². The fourth-order valence-corrected chi connectivity index (χ4v) is 4.27. The first-order valence-electron chi connectivity index (χ1n) is 11.1. The van der Waals surface area contributed by atoms with Crippen LogP contribution in [0.1, 0.15) is 43.8 Å². The van der Waals surface area contributed by atoms with E-state index in [-0.39, 0.29) is 37.0 Å². The van der Waals surface area contributed by atoms with E-state index in [4.69, 9.17) is 10.2 Å². The fourth-order valence-electron chi connectivity index (χ4n) is 4.27. The maximum Gasteiger partial charge on any atom is 0.227 e. The van der Waals surface area contributed by atoms with Crippen molar-refractivity contribution in [3.8, 4) is 6.07 Å². The molecule has 0 bridgehead atoms. The van der Waals surface area contributed by atoms with Gasteiger partial charge in [0.1, 0.15) is 5.82 Å². The van der Waals surface area contributed by atoms with Gasteiger partial charge in [-0.15, -0.1) is 0 Å². The van der Waals surface area contributed by atoms with Gasteiger partial charge in [-0.1, -0.05) is 30.3 Å². The average Bonchev–Trinajstić information content (AvgIpc) is 3.28. The number of aromatic amines is 1. The molecule has 0 saturated carbocycles. The zero-order chi connectivity index (χ0) is 22.3. The Balaban J connectivity index is 1.36. The molecule has 164 valence electrons. The van der Waals surface area contributed by atoms with Crippen molar-refractivity contribution in [3.05, 3.63) is 60.4 Å². The number of carbonyl (C=O) groups excluding carboxylic acids is 2. The Kier molecular flexibility index (Phi) is 6.81. The summed E-state index contributed by atoms with van der Waals surface area (Å²) in [4.78, 5) is 37.3. The lowest BCUT2D eigenvalue weighted by Crippen LogP contribution is -2.40. The van der Waals surface area contributed by atoms with Gasteiger partial charge in [0.2, 0.25) is 11.8 Å². The molecule has 1 N–H and O–H groups in total. The number of hydrogen-bond donors (Lipinski definition) is 1. The molecule has 1 saturated heterocycles. The molecule has 1 fully saturated rings. The summed E-state index contributed by atoms with van der Waals surface area (Å²) in [5.41, 5.74) is 2.70. The minimum atomic E-state index is -0.134. The predicted octanol–water partition coefficient (Wildman–Crippen LogP) is 4.00. The first-order chi connectivity index (χ1) is 15.7. The van der Waals surface area contributed by atoms with Gasteiger partial charge in [-0.3, -0.25) is 9.59 Å². The van der Waals surface area contributed by atoms with Crippen LogP contribution in [0.25, 0.3) is 11.0 Å². The highest BCUT2D eigenvalue weighted by Crippen LogP contribution is 2.27. The van der Waals surface area contributed by atoms with Gasteiger partial charge in [-0.05, 0) is 37.1 Å². The molecule has 1 unspecified atom stereocenters. The molecule has 2 aromatic carbocycles. The number of nitrogens with one attached hydrogen (secondary N) is 1. The van der Waals surface area contributed by atoms with E-state index in [9.17, 15) is 9.59 Å². The number of aromatic nitrogens is 2. The number of piperidine rings is 1. The molecule has 1 aliphatic rings. The van der Waals surface area contributed by atoms with Gasteiger partial charge in [0.25, 0.3) is 0 Å². The summed E-state index contributed by atoms with van der Waals surface area (Å²) in [6.07, 6.45) is 2.45. The second-order valence-electron chi connectivity index (χ2n) is 8.11. The van der Waals surface area contributed by atoms with Crippen LogP contribution in [-0.4, -0.2) is 46.3 Å². The third-order valence-electron chi connectivity index (χ3n) is 5.94. The number of rotatable bonds is 7. The summed E-state index contributed by atoms with van der Waals surface area (Å²) in [6.45, 7) is 1.65. The SMILES string of the molecule is N#CCCN(C(=O)CCC(=O)N1CCCC(c2nc3ccccc3[nH]2)C1)c1ccccc1. The van der Waals surface area contributed by atoms with Gasteiger partial charge in [-0.2, -0.15) is 5.26 Å². The standard InChI is InChI=1S/C25H27N5O2/c26-15-7-17-30(20-9-2-1-3-10-20)24(32)14-13-23(31)29-16-6-8-19(18-29)25-27-21-11-4-5-12-22(21)28-25/h1-5,9-12,19H,6-8,13-14,16-18H2,(H,27,28). The third-order valence-corrected chi connectivity index (χ3v) is 5.94. The van der Waals surface area contributed by atoms with Crippen molar-refractivity contribution in [1.82, 2.24) is 14.9 Å². The van der Waals surface area contributed by atoms with Crippen LogP contribution >= 0.6 is 0 Å². The summed E-state index contributed by atoms with van der Waals surface area (Å²) in [5.74, 6) is 0.955. The summed E-state index contributed by atoms with van der Waals surface area (Å²) >= 11 is 0. The van der Waals surface area contributed by atoms with Crippen LogP contribution in [0.2, 0.25) is 0 Å². The molecule has 0 radical (unpaired) electrons. The zero-order valence-corrected chi connectivity index (χ0v) is 18.0. The van der Waals surface area contributed by atoms with Crippen molar-refractivity contribution in [1.29, 1.82) is 5.26 Å². The minimum absolute atomic E-state index is 0.00699. The van der Waals surface area contributed by atoms with E-state index in [2.05, 4.69) is 11.1 Å². The zero-order valence-electron chi connectivity index (χ0n) is 18.0. The maximum atomic E-state index is 12.9. The van der Waals surface area contributed by atoms with Crippen LogP contribution in [0.15, 0.2) is 54.6 Å². The molecule has 1 aromatic heterocycles. The van der Waals surface area contributed by atoms with Gasteiger partial charge in [0.15, 0.2) is 0 Å². The number of carbonyl (C=O) groups is 2. The Morgan fingerprint density at radius 1 is 1.12 bits per heavy atom. The normalized spacial score (nSPS) is 16.0. The number of benzene rings is 2. The van der Waals surface area contributed by atoms with Crippen molar-refractivity contribution >= 4 is 28.5 Å². The lowest BCUT2D eigenvalue weighted by atomic mass is 9.97. The van der Waals surface area contributed by atoms with E-state index in [0.29, 0.717) is 19.6 Å². The van der Waals surface area contributed by atoms with Crippen molar-refractivity contribution in [2.45, 2.75) is 38.0 Å². The highest BCUT2D eigenvalue weighted by molar-refractivity contribution is 5.95. The van der Waals surface area contributed by atoms with Crippen molar-refractivity contribution in [2.75, 3.05) is 24.5 Å². The Morgan fingerprint density at radius 3 is 2.69 bits per heavy atom. The molecule has 0 aliphatic carbocycles. The van der Waals surface area contributed by atoms with Crippen LogP contribution in [0.5, 0.6) is 0 Å². The number of hydrogen-bond acceptors (Lipinski definition) is 4. The summed E-state index contributed by atoms with van der Waals surface area (Å²) < 4.78 is 0. The monoisotopic (exact) mass is 429 g/mol. The van der Waals surface area contributed by atoms with Crippen LogP contribution in [0, 0.1) is 11.3 Å². The number of nitrogens with zero attached hydrogens (tertiary/aromatic N) is 4. The van der Waals surface area contributed by atoms with Gasteiger partial charge < -0.3 is 14.8 Å². The highest BCUT2D eigenvalue weighted by atomic mass is 16.2. The lowest BCUT2D eigenvalue weighted by molar-refractivity contribution is -0.134. The molecule has 32 heavy (non-hydrogen) atoms. The second kappa shape index (κ2) is 10.1. The number of H-pyrrole nitrogens is 1. The van der Waals surface area contributed by atoms with Crippen LogP contribution < -0.4 is 4.90 Å². The lowest BCUT2D eigenvalue weighted by Gasteiger charge is -2.32. The van der Waals surface area contributed by atoms with Crippen LogP contribution in [0.4, 0.5) is 5.69 Å². The molecule has 1 aliphatic heterocycles. The Bertz CT molecular complexity index is 1090. The number of para-hydroxylation sites is 3. The van der Waals surface area contributed by atoms with Crippen molar-refractivity contribution < 1.29 is 9.59 Å². The number of likely N-dealkylation sites (tertiary alicyclic amines) is 1. The molecule has 1 atom stereocenters. The molecule has 0 spiro atoms. The average molecular weight is 430 g/mol. The number of nitriles is 1. The van der Waals surface area contributed by atoms with Gasteiger partial charge in [0.05, 0.1) is 23.5 Å². The van der Waals surface area contributed by atoms with Crippen LogP contribution in [-0.2, 0) is 9.59 Å². The highest BCUT2D eigenvalue weighted by Gasteiger charge is 2.27.